The van der Waals surface area contributed by atoms with E-state index in [1.54, 1.807) is 24.3 Å². The highest BCUT2D eigenvalue weighted by Crippen LogP contribution is 2.28. The maximum absolute atomic E-state index is 12.2. The molecule has 0 saturated carbocycles. The summed E-state index contributed by atoms with van der Waals surface area (Å²) >= 11 is 11.8. The fraction of sp³-hybridized carbons (Fsp3) is 0.263. The van der Waals surface area contributed by atoms with Crippen molar-refractivity contribution in [2.75, 3.05) is 17.1 Å². The van der Waals surface area contributed by atoms with Crippen LogP contribution in [0.1, 0.15) is 19.4 Å². The Hall–Kier alpha value is -2.29. The molecule has 0 radical (unpaired) electrons. The molecule has 0 aliphatic carbocycles. The van der Waals surface area contributed by atoms with Gasteiger partial charge in [-0.1, -0.05) is 23.2 Å². The van der Waals surface area contributed by atoms with E-state index in [1.807, 2.05) is 13.8 Å². The molecule has 0 bridgehead atoms. The molecule has 156 valence electrons. The van der Waals surface area contributed by atoms with Crippen molar-refractivity contribution in [3.63, 3.8) is 0 Å². The van der Waals surface area contributed by atoms with Gasteiger partial charge in [-0.25, -0.2) is 13.8 Å². The lowest BCUT2D eigenvalue weighted by Gasteiger charge is -2.21. The SMILES string of the molecule is CC(C)Oc1ccc(/C=N\NC(=O)CN(c2ccc(Cl)c(Cl)c2)S(C)(=O)=O)cc1. The van der Waals surface area contributed by atoms with E-state index in [-0.39, 0.29) is 21.8 Å². The van der Waals surface area contributed by atoms with Gasteiger partial charge in [-0.3, -0.25) is 9.10 Å². The van der Waals surface area contributed by atoms with Crippen molar-refractivity contribution in [3.05, 3.63) is 58.1 Å². The van der Waals surface area contributed by atoms with Crippen LogP contribution in [-0.4, -0.2) is 39.4 Å². The van der Waals surface area contributed by atoms with Crippen LogP contribution in [0.2, 0.25) is 10.0 Å². The number of carbonyl (C=O) groups is 1. The molecule has 29 heavy (non-hydrogen) atoms. The normalized spacial score (nSPS) is 11.7. The number of anilines is 1. The first-order chi connectivity index (χ1) is 13.6. The summed E-state index contributed by atoms with van der Waals surface area (Å²) in [5.74, 6) is 0.115. The van der Waals surface area contributed by atoms with Gasteiger partial charge in [-0.05, 0) is 61.9 Å². The van der Waals surface area contributed by atoms with Gasteiger partial charge in [0.1, 0.15) is 12.3 Å². The number of nitrogens with zero attached hydrogens (tertiary/aromatic N) is 2. The van der Waals surface area contributed by atoms with Crippen molar-refractivity contribution >= 4 is 51.0 Å². The summed E-state index contributed by atoms with van der Waals surface area (Å²) in [6.07, 6.45) is 2.51. The summed E-state index contributed by atoms with van der Waals surface area (Å²) in [5.41, 5.74) is 3.28. The number of sulfonamides is 1. The highest BCUT2D eigenvalue weighted by Gasteiger charge is 2.21. The minimum atomic E-state index is -3.73. The number of halogens is 2. The van der Waals surface area contributed by atoms with Gasteiger partial charge in [-0.2, -0.15) is 5.10 Å². The van der Waals surface area contributed by atoms with Crippen LogP contribution in [-0.2, 0) is 14.8 Å². The number of rotatable bonds is 8. The number of hydrogen-bond acceptors (Lipinski definition) is 5. The fourth-order valence-corrected chi connectivity index (χ4v) is 3.43. The number of hydrogen-bond donors (Lipinski definition) is 1. The Bertz CT molecular complexity index is 993. The smallest absolute Gasteiger partial charge is 0.260 e. The summed E-state index contributed by atoms with van der Waals surface area (Å²) in [6, 6.07) is 11.4. The second-order valence-corrected chi connectivity index (χ2v) is 9.12. The van der Waals surface area contributed by atoms with Crippen molar-refractivity contribution in [1.82, 2.24) is 5.43 Å². The Morgan fingerprint density at radius 3 is 2.38 bits per heavy atom. The third kappa shape index (κ3) is 7.23. The molecular weight excluding hydrogens is 437 g/mol. The summed E-state index contributed by atoms with van der Waals surface area (Å²) in [5, 5.41) is 4.32. The lowest BCUT2D eigenvalue weighted by molar-refractivity contribution is -0.119. The predicted octanol–water partition coefficient (Wildman–Crippen LogP) is 3.70. The Morgan fingerprint density at radius 2 is 1.83 bits per heavy atom. The van der Waals surface area contributed by atoms with E-state index in [0.717, 1.165) is 21.9 Å². The number of nitrogens with one attached hydrogen (secondary N) is 1. The van der Waals surface area contributed by atoms with Crippen LogP contribution in [0, 0.1) is 0 Å². The molecule has 2 aromatic carbocycles. The summed E-state index contributed by atoms with van der Waals surface area (Å²) in [6.45, 7) is 3.40. The van der Waals surface area contributed by atoms with Crippen molar-refractivity contribution in [1.29, 1.82) is 0 Å². The van der Waals surface area contributed by atoms with Crippen LogP contribution in [0.25, 0.3) is 0 Å². The summed E-state index contributed by atoms with van der Waals surface area (Å²) in [4.78, 5) is 12.2. The highest BCUT2D eigenvalue weighted by atomic mass is 35.5. The molecule has 0 unspecified atom stereocenters. The van der Waals surface area contributed by atoms with Crippen LogP contribution in [0.4, 0.5) is 5.69 Å². The molecule has 0 aliphatic rings. The molecule has 1 N–H and O–H groups in total. The first-order valence-electron chi connectivity index (χ1n) is 8.57. The van der Waals surface area contributed by atoms with E-state index in [1.165, 1.54) is 24.4 Å². The lowest BCUT2D eigenvalue weighted by Crippen LogP contribution is -2.39. The third-order valence-corrected chi connectivity index (χ3v) is 5.41. The molecule has 0 aliphatic heterocycles. The average molecular weight is 458 g/mol. The van der Waals surface area contributed by atoms with Gasteiger partial charge in [-0.15, -0.1) is 0 Å². The van der Waals surface area contributed by atoms with Crippen LogP contribution in [0.5, 0.6) is 5.75 Å². The number of amides is 1. The van der Waals surface area contributed by atoms with Gasteiger partial charge >= 0.3 is 0 Å². The fourth-order valence-electron chi connectivity index (χ4n) is 2.29. The Labute approximate surface area is 180 Å². The summed E-state index contributed by atoms with van der Waals surface area (Å²) in [7, 11) is -3.73. The van der Waals surface area contributed by atoms with Crippen molar-refractivity contribution < 1.29 is 17.9 Å². The van der Waals surface area contributed by atoms with E-state index in [2.05, 4.69) is 10.5 Å². The first kappa shape index (κ1) is 23.0. The van der Waals surface area contributed by atoms with E-state index >= 15 is 0 Å². The van der Waals surface area contributed by atoms with Gasteiger partial charge in [0.25, 0.3) is 5.91 Å². The molecule has 2 rings (SSSR count). The van der Waals surface area contributed by atoms with E-state index < -0.39 is 22.5 Å². The van der Waals surface area contributed by atoms with Crippen molar-refractivity contribution in [3.8, 4) is 5.75 Å². The van der Waals surface area contributed by atoms with Gasteiger partial charge in [0.2, 0.25) is 10.0 Å². The van der Waals surface area contributed by atoms with Crippen LogP contribution in [0.15, 0.2) is 47.6 Å². The Kier molecular flexibility index (Phi) is 7.89. The maximum atomic E-state index is 12.2. The largest absolute Gasteiger partial charge is 0.491 e. The van der Waals surface area contributed by atoms with Crippen molar-refractivity contribution in [2.24, 2.45) is 5.10 Å². The van der Waals surface area contributed by atoms with Gasteiger partial charge in [0.15, 0.2) is 0 Å². The van der Waals surface area contributed by atoms with Gasteiger partial charge in [0.05, 0.1) is 34.3 Å². The minimum absolute atomic E-state index is 0.0714. The molecule has 0 atom stereocenters. The monoisotopic (exact) mass is 457 g/mol. The molecule has 0 aromatic heterocycles. The molecule has 0 heterocycles. The van der Waals surface area contributed by atoms with Crippen molar-refractivity contribution in [2.45, 2.75) is 20.0 Å². The standard InChI is InChI=1S/C19H21Cl2N3O4S/c1-13(2)28-16-7-4-14(5-8-16)11-22-23-19(25)12-24(29(3,26)27)15-6-9-17(20)18(21)10-15/h4-11,13H,12H2,1-3H3,(H,23,25)/b22-11-. The molecule has 0 spiro atoms. The second kappa shape index (κ2) is 9.96. The predicted molar refractivity (Wildman–Crippen MR) is 117 cm³/mol. The molecule has 0 fully saturated rings. The van der Waals surface area contributed by atoms with Gasteiger partial charge < -0.3 is 4.74 Å². The highest BCUT2D eigenvalue weighted by molar-refractivity contribution is 7.92. The number of ether oxygens (including phenoxy) is 1. The number of benzene rings is 2. The lowest BCUT2D eigenvalue weighted by atomic mass is 10.2. The van der Waals surface area contributed by atoms with Crippen LogP contribution in [0.3, 0.4) is 0 Å². The van der Waals surface area contributed by atoms with Gasteiger partial charge in [0, 0.05) is 0 Å². The van der Waals surface area contributed by atoms with Crippen LogP contribution < -0.4 is 14.5 Å². The second-order valence-electron chi connectivity index (χ2n) is 6.40. The molecule has 2 aromatic rings. The molecule has 1 amide bonds. The van der Waals surface area contributed by atoms with E-state index in [4.69, 9.17) is 27.9 Å². The number of hydrazone groups is 1. The number of carbonyl (C=O) groups excluding carboxylic acids is 1. The Balaban J connectivity index is 2.03. The van der Waals surface area contributed by atoms with E-state index in [0.29, 0.717) is 0 Å². The third-order valence-electron chi connectivity index (χ3n) is 3.53. The topological polar surface area (TPSA) is 88.1 Å². The zero-order valence-electron chi connectivity index (χ0n) is 16.1. The Morgan fingerprint density at radius 1 is 1.17 bits per heavy atom. The molecule has 0 saturated heterocycles. The molecular formula is C19H21Cl2N3O4S. The molecule has 7 nitrogen and oxygen atoms in total. The minimum Gasteiger partial charge on any atom is -0.491 e. The zero-order valence-corrected chi connectivity index (χ0v) is 18.4. The van der Waals surface area contributed by atoms with Crippen LogP contribution >= 0.6 is 23.2 Å². The molecule has 10 heteroatoms. The summed E-state index contributed by atoms with van der Waals surface area (Å²) < 4.78 is 30.6. The average Bonchev–Trinajstić information content (AvgIpc) is 2.62. The zero-order chi connectivity index (χ0) is 21.6. The van der Waals surface area contributed by atoms with E-state index in [9.17, 15) is 13.2 Å². The maximum Gasteiger partial charge on any atom is 0.260 e. The quantitative estimate of drug-likeness (QED) is 0.483. The first-order valence-corrected chi connectivity index (χ1v) is 11.2.